The number of nitrogens with zero attached hydrogens (tertiary/aromatic N) is 10. The Hall–Kier alpha value is -5.82. The summed E-state index contributed by atoms with van der Waals surface area (Å²) in [6, 6.07) is 13.7. The van der Waals surface area contributed by atoms with E-state index in [2.05, 4.69) is 30.8 Å². The summed E-state index contributed by atoms with van der Waals surface area (Å²) in [6.45, 7) is 1.57. The number of fused-ring (bicyclic) bond motifs is 2. The lowest BCUT2D eigenvalue weighted by Gasteiger charge is -2.33. The number of hydrogen-bond acceptors (Lipinski definition) is 18. The highest BCUT2D eigenvalue weighted by molar-refractivity contribution is 7.91. The summed E-state index contributed by atoms with van der Waals surface area (Å²) in [4.78, 5) is 67.0. The molecule has 0 radical (unpaired) electrons. The molecule has 1 aliphatic heterocycles. The lowest BCUT2D eigenvalue weighted by Crippen LogP contribution is -2.49. The molecule has 2 amide bonds. The van der Waals surface area contributed by atoms with Crippen LogP contribution in [0.4, 0.5) is 11.4 Å². The van der Waals surface area contributed by atoms with Crippen LogP contribution >= 0.6 is 22.7 Å². The van der Waals surface area contributed by atoms with Crippen LogP contribution in [0, 0.1) is 0 Å². The molecule has 2 aromatic carbocycles. The van der Waals surface area contributed by atoms with Gasteiger partial charge >= 0.3 is 11.9 Å². The van der Waals surface area contributed by atoms with Crippen molar-refractivity contribution in [3.63, 3.8) is 0 Å². The van der Waals surface area contributed by atoms with E-state index < -0.39 is 32.0 Å². The number of carbonyl (C=O) groups excluding carboxylic acids is 2. The molecule has 5 heterocycles. The number of rotatable bonds is 14. The average Bonchev–Trinajstić information content (AvgIpc) is 4.00. The molecule has 0 atom stereocenters. The molecule has 24 nitrogen and oxygen atoms in total. The molecule has 1 saturated heterocycles. The number of amides is 2. The van der Waals surface area contributed by atoms with Crippen LogP contribution < -0.4 is 20.9 Å². The molecule has 0 bridgehead atoms. The van der Waals surface area contributed by atoms with E-state index in [0.29, 0.717) is 70.0 Å². The van der Waals surface area contributed by atoms with Gasteiger partial charge in [0.15, 0.2) is 0 Å². The standard InChI is InChI=1S/C36H42N14O10S4/c37-63(57,58)35-43-49-17-27(41-33(49)61-35)23-1-5-25(6-2-23)39-29(51)19-45-9-13-47(21-31(53)54)15-11-46(12-16-48(14-10-45)22-32(55)56)20-30(52)40-26-7-3-24(4-8-26)28-18-50-34(42-28)62-36(44-50)64(38,59)60/h1-8,17-18H,9-16,19-22H2,(H,39,51)(H,40,52)(H,53,54)(H,55,56)(H2,37,57,58)(H2,38,59,60). The fourth-order valence-electron chi connectivity index (χ4n) is 6.72. The number of carbonyl (C=O) groups is 4. The normalized spacial score (nSPS) is 15.8. The molecule has 6 aromatic rings. The van der Waals surface area contributed by atoms with Crippen LogP contribution in [0.1, 0.15) is 0 Å². The minimum atomic E-state index is -3.97. The molecule has 1 aliphatic rings. The lowest BCUT2D eigenvalue weighted by atomic mass is 10.1. The number of carboxylic acid groups (broad SMARTS) is 2. The van der Waals surface area contributed by atoms with E-state index >= 15 is 0 Å². The van der Waals surface area contributed by atoms with Crippen molar-refractivity contribution >= 4 is 87.8 Å². The Morgan fingerprint density at radius 2 is 0.859 bits per heavy atom. The van der Waals surface area contributed by atoms with Gasteiger partial charge in [-0.3, -0.25) is 38.8 Å². The van der Waals surface area contributed by atoms with Gasteiger partial charge in [-0.15, -0.1) is 10.2 Å². The van der Waals surface area contributed by atoms with E-state index in [-0.39, 0.29) is 72.9 Å². The first kappa shape index (κ1) is 46.2. The van der Waals surface area contributed by atoms with Crippen LogP contribution in [-0.4, -0.2) is 178 Å². The number of nitrogens with two attached hydrogens (primary N) is 2. The van der Waals surface area contributed by atoms with Crippen LogP contribution in [0.5, 0.6) is 0 Å². The number of hydrogen-bond donors (Lipinski definition) is 6. The van der Waals surface area contributed by atoms with Crippen molar-refractivity contribution in [2.45, 2.75) is 8.68 Å². The lowest BCUT2D eigenvalue weighted by molar-refractivity contribution is -0.139. The Balaban J connectivity index is 0.952. The van der Waals surface area contributed by atoms with Gasteiger partial charge in [0, 0.05) is 74.9 Å². The van der Waals surface area contributed by atoms with Crippen LogP contribution in [0.25, 0.3) is 32.4 Å². The van der Waals surface area contributed by atoms with Crippen molar-refractivity contribution in [3.8, 4) is 22.5 Å². The average molecular weight is 959 g/mol. The van der Waals surface area contributed by atoms with Gasteiger partial charge in [-0.1, -0.05) is 46.9 Å². The second-order valence-electron chi connectivity index (χ2n) is 14.7. The SMILES string of the molecule is NS(=O)(=O)c1nn2cc(-c3ccc(NC(=O)CN4CCN(CC(=O)O)CCN(CC(=O)Nc5ccc(-c6cn7nc(S(N)(=O)=O)sc7n6)cc5)CCN(CC(=O)O)CC4)cc3)nc2s1. The predicted octanol–water partition coefficient (Wildman–Crippen LogP) is -0.508. The third kappa shape index (κ3) is 12.2. The van der Waals surface area contributed by atoms with E-state index in [1.165, 1.54) is 9.03 Å². The van der Waals surface area contributed by atoms with Crippen LogP contribution in [0.3, 0.4) is 0 Å². The molecule has 0 saturated carbocycles. The predicted molar refractivity (Wildman–Crippen MR) is 234 cm³/mol. The van der Waals surface area contributed by atoms with Crippen molar-refractivity contribution in [2.75, 3.05) is 89.2 Å². The Kier molecular flexibility index (Phi) is 14.1. The summed E-state index contributed by atoms with van der Waals surface area (Å²) in [7, 11) is -7.93. The second kappa shape index (κ2) is 19.5. The quantitative estimate of drug-likeness (QED) is 0.0801. The smallest absolute Gasteiger partial charge is 0.317 e. The van der Waals surface area contributed by atoms with Gasteiger partial charge in [-0.05, 0) is 24.3 Å². The zero-order valence-corrected chi connectivity index (χ0v) is 36.9. The number of aliphatic carboxylic acids is 2. The molecule has 64 heavy (non-hydrogen) atoms. The van der Waals surface area contributed by atoms with Crippen molar-refractivity contribution in [3.05, 3.63) is 60.9 Å². The van der Waals surface area contributed by atoms with Gasteiger partial charge in [-0.25, -0.2) is 46.1 Å². The van der Waals surface area contributed by atoms with Gasteiger partial charge in [0.1, 0.15) is 0 Å². The number of nitrogens with one attached hydrogen (secondary N) is 2. The second-order valence-corrected chi connectivity index (χ2v) is 20.1. The zero-order chi connectivity index (χ0) is 45.8. The van der Waals surface area contributed by atoms with E-state index in [4.69, 9.17) is 10.3 Å². The molecule has 0 spiro atoms. The fourth-order valence-corrected chi connectivity index (χ4v) is 9.73. The van der Waals surface area contributed by atoms with Crippen molar-refractivity contribution in [1.82, 2.24) is 48.8 Å². The number of primary sulfonamides is 2. The first-order valence-electron chi connectivity index (χ1n) is 19.3. The minimum Gasteiger partial charge on any atom is -0.480 e. The summed E-state index contributed by atoms with van der Waals surface area (Å²) in [5, 5.41) is 43.4. The van der Waals surface area contributed by atoms with E-state index in [1.807, 2.05) is 9.80 Å². The highest BCUT2D eigenvalue weighted by atomic mass is 32.3. The number of sulfonamides is 2. The summed E-state index contributed by atoms with van der Waals surface area (Å²) in [5.74, 6) is -2.77. The van der Waals surface area contributed by atoms with Crippen LogP contribution in [-0.2, 0) is 39.2 Å². The third-order valence-electron chi connectivity index (χ3n) is 9.85. The number of carboxylic acids is 2. The maximum atomic E-state index is 13.3. The first-order valence-corrected chi connectivity index (χ1v) is 24.0. The van der Waals surface area contributed by atoms with Gasteiger partial charge < -0.3 is 20.8 Å². The highest BCUT2D eigenvalue weighted by Gasteiger charge is 2.23. The van der Waals surface area contributed by atoms with E-state index in [1.54, 1.807) is 70.7 Å². The number of imidazole rings is 2. The van der Waals surface area contributed by atoms with E-state index in [9.17, 15) is 46.2 Å². The maximum absolute atomic E-state index is 13.3. The summed E-state index contributed by atoms with van der Waals surface area (Å²) >= 11 is 1.67. The Bertz CT molecular complexity index is 2620. The van der Waals surface area contributed by atoms with Crippen LogP contribution in [0.2, 0.25) is 0 Å². The molecule has 0 unspecified atom stereocenters. The molecule has 8 N–H and O–H groups in total. The molecule has 4 aromatic heterocycles. The van der Waals surface area contributed by atoms with Gasteiger partial charge in [0.2, 0.25) is 30.4 Å². The zero-order valence-electron chi connectivity index (χ0n) is 33.7. The monoisotopic (exact) mass is 958 g/mol. The Morgan fingerprint density at radius 3 is 1.14 bits per heavy atom. The molecule has 7 rings (SSSR count). The summed E-state index contributed by atoms with van der Waals surface area (Å²) < 4.78 is 48.6. The van der Waals surface area contributed by atoms with Gasteiger partial charge in [0.05, 0.1) is 50.0 Å². The highest BCUT2D eigenvalue weighted by Crippen LogP contribution is 2.26. The third-order valence-corrected chi connectivity index (χ3v) is 14.3. The van der Waals surface area contributed by atoms with Crippen molar-refractivity contribution in [1.29, 1.82) is 0 Å². The minimum absolute atomic E-state index is 0.0633. The van der Waals surface area contributed by atoms with Gasteiger partial charge in [-0.2, -0.15) is 0 Å². The Morgan fingerprint density at radius 1 is 0.547 bits per heavy atom. The number of anilines is 2. The van der Waals surface area contributed by atoms with Crippen molar-refractivity contribution < 1.29 is 46.2 Å². The van der Waals surface area contributed by atoms with Crippen LogP contribution in [0.15, 0.2) is 69.6 Å². The van der Waals surface area contributed by atoms with Gasteiger partial charge in [0.25, 0.3) is 20.0 Å². The van der Waals surface area contributed by atoms with E-state index in [0.717, 1.165) is 22.7 Å². The van der Waals surface area contributed by atoms with Crippen molar-refractivity contribution in [2.24, 2.45) is 10.3 Å². The number of benzene rings is 2. The summed E-state index contributed by atoms with van der Waals surface area (Å²) in [5.41, 5.74) is 3.43. The maximum Gasteiger partial charge on any atom is 0.317 e. The Labute approximate surface area is 372 Å². The fraction of sp³-hybridized carbons (Fsp3) is 0.333. The summed E-state index contributed by atoms with van der Waals surface area (Å²) in [6.07, 6.45) is 3.13. The molecule has 340 valence electrons. The first-order chi connectivity index (χ1) is 30.3. The molecular formula is C36H42N14O10S4. The molecular weight excluding hydrogens is 917 g/mol. The topological polar surface area (TPSA) is 326 Å². The molecule has 1 fully saturated rings. The number of aromatic nitrogens is 6. The molecule has 0 aliphatic carbocycles. The largest absolute Gasteiger partial charge is 0.480 e. The molecule has 28 heteroatoms.